The summed E-state index contributed by atoms with van der Waals surface area (Å²) < 4.78 is 5.66. The lowest BCUT2D eigenvalue weighted by Crippen LogP contribution is -2.07. The summed E-state index contributed by atoms with van der Waals surface area (Å²) in [6, 6.07) is 10.2. The fraction of sp³-hybridized carbons (Fsp3) is 0.500. The van der Waals surface area contributed by atoms with Crippen molar-refractivity contribution in [2.24, 2.45) is 5.92 Å². The summed E-state index contributed by atoms with van der Waals surface area (Å²) in [4.78, 5) is 0. The average Bonchev–Trinajstić information content (AvgIpc) is 2.38. The average molecular weight is 230 g/mol. The van der Waals surface area contributed by atoms with Crippen LogP contribution in [0.2, 0.25) is 0 Å². The van der Waals surface area contributed by atoms with Gasteiger partial charge in [0.2, 0.25) is 0 Å². The van der Waals surface area contributed by atoms with Gasteiger partial charge in [-0.3, -0.25) is 0 Å². The molecular formula is C16H22O. The Kier molecular flexibility index (Phi) is 7.18. The van der Waals surface area contributed by atoms with Crippen LogP contribution in [-0.4, -0.2) is 6.61 Å². The minimum Gasteiger partial charge on any atom is -0.375 e. The van der Waals surface area contributed by atoms with Gasteiger partial charge in [-0.05, 0) is 12.0 Å². The van der Waals surface area contributed by atoms with Crippen molar-refractivity contribution in [3.8, 4) is 12.3 Å². The first kappa shape index (κ1) is 13.8. The lowest BCUT2D eigenvalue weighted by molar-refractivity contribution is 0.0989. The Labute approximate surface area is 105 Å². The second-order valence-corrected chi connectivity index (χ2v) is 4.36. The van der Waals surface area contributed by atoms with Crippen LogP contribution in [0.1, 0.15) is 38.2 Å². The van der Waals surface area contributed by atoms with Crippen molar-refractivity contribution in [2.45, 2.75) is 39.2 Å². The normalized spacial score (nSPS) is 12.0. The third-order valence-corrected chi connectivity index (χ3v) is 2.82. The molecule has 1 rings (SSSR count). The molecular weight excluding hydrogens is 208 g/mol. The molecule has 0 amide bonds. The van der Waals surface area contributed by atoms with Gasteiger partial charge in [-0.2, -0.15) is 0 Å². The van der Waals surface area contributed by atoms with Gasteiger partial charge in [0.1, 0.15) is 0 Å². The fourth-order valence-corrected chi connectivity index (χ4v) is 1.75. The Morgan fingerprint density at radius 1 is 1.24 bits per heavy atom. The maximum absolute atomic E-state index is 5.66. The third-order valence-electron chi connectivity index (χ3n) is 2.82. The van der Waals surface area contributed by atoms with Crippen LogP contribution in [0.5, 0.6) is 0 Å². The predicted molar refractivity (Wildman–Crippen MR) is 72.6 cm³/mol. The van der Waals surface area contributed by atoms with Crippen molar-refractivity contribution >= 4 is 0 Å². The van der Waals surface area contributed by atoms with E-state index in [2.05, 4.69) is 25.0 Å². The molecule has 0 N–H and O–H groups in total. The highest BCUT2D eigenvalue weighted by Crippen LogP contribution is 2.10. The third kappa shape index (κ3) is 6.14. The van der Waals surface area contributed by atoms with Crippen LogP contribution in [0.4, 0.5) is 0 Å². The molecule has 0 spiro atoms. The van der Waals surface area contributed by atoms with Crippen LogP contribution in [-0.2, 0) is 11.3 Å². The molecule has 17 heavy (non-hydrogen) atoms. The summed E-state index contributed by atoms with van der Waals surface area (Å²) in [6.45, 7) is 3.54. The van der Waals surface area contributed by atoms with Crippen molar-refractivity contribution in [3.05, 3.63) is 35.9 Å². The number of hydrogen-bond donors (Lipinski definition) is 0. The van der Waals surface area contributed by atoms with E-state index in [9.17, 15) is 0 Å². The van der Waals surface area contributed by atoms with Gasteiger partial charge in [-0.1, -0.05) is 56.5 Å². The summed E-state index contributed by atoms with van der Waals surface area (Å²) in [6.07, 6.45) is 10.3. The second kappa shape index (κ2) is 8.84. The first-order valence-corrected chi connectivity index (χ1v) is 6.44. The zero-order valence-corrected chi connectivity index (χ0v) is 10.7. The second-order valence-electron chi connectivity index (χ2n) is 4.36. The molecule has 1 heteroatoms. The van der Waals surface area contributed by atoms with Crippen LogP contribution in [0.25, 0.3) is 0 Å². The summed E-state index contributed by atoms with van der Waals surface area (Å²) >= 11 is 0. The molecule has 0 aliphatic carbocycles. The van der Waals surface area contributed by atoms with E-state index < -0.39 is 0 Å². The Hall–Kier alpha value is -1.26. The number of rotatable bonds is 8. The zero-order valence-electron chi connectivity index (χ0n) is 10.7. The summed E-state index contributed by atoms with van der Waals surface area (Å²) in [5.41, 5.74) is 1.21. The largest absolute Gasteiger partial charge is 0.375 e. The molecule has 0 aliphatic heterocycles. The summed E-state index contributed by atoms with van der Waals surface area (Å²) in [5.74, 6) is 3.09. The van der Waals surface area contributed by atoms with E-state index in [-0.39, 0.29) is 5.92 Å². The minimum atomic E-state index is 0.269. The van der Waals surface area contributed by atoms with Crippen LogP contribution in [0, 0.1) is 18.3 Å². The number of hydrogen-bond acceptors (Lipinski definition) is 1. The molecule has 1 unspecified atom stereocenters. The molecule has 1 atom stereocenters. The molecule has 0 aromatic heterocycles. The molecule has 0 bridgehead atoms. The SMILES string of the molecule is C#CC(CCCCC)COCc1ccccc1. The highest BCUT2D eigenvalue weighted by Gasteiger charge is 2.04. The van der Waals surface area contributed by atoms with Gasteiger partial charge in [-0.25, -0.2) is 0 Å². The van der Waals surface area contributed by atoms with Crippen molar-refractivity contribution in [3.63, 3.8) is 0 Å². The lowest BCUT2D eigenvalue weighted by atomic mass is 10.0. The molecule has 0 radical (unpaired) electrons. The van der Waals surface area contributed by atoms with Gasteiger partial charge in [-0.15, -0.1) is 12.3 Å². The van der Waals surface area contributed by atoms with Gasteiger partial charge in [0.15, 0.2) is 0 Å². The maximum Gasteiger partial charge on any atom is 0.0717 e. The first-order chi connectivity index (χ1) is 8.36. The van der Waals surface area contributed by atoms with Crippen molar-refractivity contribution in [1.82, 2.24) is 0 Å². The highest BCUT2D eigenvalue weighted by molar-refractivity contribution is 5.13. The van der Waals surface area contributed by atoms with E-state index in [1.807, 2.05) is 18.2 Å². The van der Waals surface area contributed by atoms with Crippen LogP contribution >= 0.6 is 0 Å². The van der Waals surface area contributed by atoms with E-state index in [0.717, 1.165) is 6.42 Å². The van der Waals surface area contributed by atoms with E-state index in [1.54, 1.807) is 0 Å². The van der Waals surface area contributed by atoms with Crippen molar-refractivity contribution < 1.29 is 4.74 Å². The van der Waals surface area contributed by atoms with E-state index in [4.69, 9.17) is 11.2 Å². The van der Waals surface area contributed by atoms with E-state index in [1.165, 1.54) is 24.8 Å². The van der Waals surface area contributed by atoms with Gasteiger partial charge in [0, 0.05) is 5.92 Å². The molecule has 0 saturated carbocycles. The molecule has 0 saturated heterocycles. The molecule has 1 nitrogen and oxygen atoms in total. The molecule has 1 aromatic rings. The Balaban J connectivity index is 2.18. The van der Waals surface area contributed by atoms with Crippen LogP contribution in [0.15, 0.2) is 30.3 Å². The van der Waals surface area contributed by atoms with Gasteiger partial charge in [0.25, 0.3) is 0 Å². The Bertz CT molecular complexity index is 323. The number of ether oxygens (including phenoxy) is 1. The Morgan fingerprint density at radius 2 is 2.00 bits per heavy atom. The smallest absolute Gasteiger partial charge is 0.0717 e. The molecule has 1 aromatic carbocycles. The molecule has 0 fully saturated rings. The van der Waals surface area contributed by atoms with Gasteiger partial charge in [0.05, 0.1) is 13.2 Å². The van der Waals surface area contributed by atoms with Gasteiger partial charge < -0.3 is 4.74 Å². The quantitative estimate of drug-likeness (QED) is 0.484. The lowest BCUT2D eigenvalue weighted by Gasteiger charge is -2.11. The van der Waals surface area contributed by atoms with Crippen molar-refractivity contribution in [1.29, 1.82) is 0 Å². The van der Waals surface area contributed by atoms with Crippen LogP contribution < -0.4 is 0 Å². The number of unbranched alkanes of at least 4 members (excludes halogenated alkanes) is 2. The van der Waals surface area contributed by atoms with Crippen LogP contribution in [0.3, 0.4) is 0 Å². The Morgan fingerprint density at radius 3 is 2.65 bits per heavy atom. The first-order valence-electron chi connectivity index (χ1n) is 6.44. The molecule has 0 heterocycles. The van der Waals surface area contributed by atoms with Crippen molar-refractivity contribution in [2.75, 3.05) is 6.61 Å². The number of benzene rings is 1. The summed E-state index contributed by atoms with van der Waals surface area (Å²) in [7, 11) is 0. The fourth-order valence-electron chi connectivity index (χ4n) is 1.75. The standard InChI is InChI=1S/C16H22O/c1-3-5-7-10-15(4-2)13-17-14-16-11-8-6-9-12-16/h2,6,8-9,11-12,15H,3,5,7,10,13-14H2,1H3. The number of terminal acetylenes is 1. The monoisotopic (exact) mass is 230 g/mol. The minimum absolute atomic E-state index is 0.269. The zero-order chi connectivity index (χ0) is 12.3. The predicted octanol–water partition coefficient (Wildman–Crippen LogP) is 4.03. The van der Waals surface area contributed by atoms with E-state index in [0.29, 0.717) is 13.2 Å². The van der Waals surface area contributed by atoms with Gasteiger partial charge >= 0.3 is 0 Å². The highest BCUT2D eigenvalue weighted by atomic mass is 16.5. The summed E-state index contributed by atoms with van der Waals surface area (Å²) in [5, 5.41) is 0. The topological polar surface area (TPSA) is 9.23 Å². The maximum atomic E-state index is 5.66. The molecule has 0 aliphatic rings. The van der Waals surface area contributed by atoms with E-state index >= 15 is 0 Å². The molecule has 92 valence electrons.